The van der Waals surface area contributed by atoms with Crippen molar-refractivity contribution >= 4 is 8.07 Å². The Kier molecular flexibility index (Phi) is 4.68. The molecule has 1 aromatic heterocycles. The minimum Gasteiger partial charge on any atom is -0.394 e. The van der Waals surface area contributed by atoms with Gasteiger partial charge in [0.15, 0.2) is 0 Å². The van der Waals surface area contributed by atoms with E-state index in [0.29, 0.717) is 0 Å². The molecule has 1 aliphatic rings. The maximum absolute atomic E-state index is 13.9. The molecule has 1 fully saturated rings. The van der Waals surface area contributed by atoms with Gasteiger partial charge in [-0.25, -0.2) is 4.79 Å². The SMILES string of the molecule is CC(C)(C)[Si](C)(C)[C@]1(n2cc(F)c(=O)[nH]c2=O)C[C@H](O)[C@@H](CO)O1. The van der Waals surface area contributed by atoms with E-state index in [0.717, 1.165) is 10.8 Å². The Hall–Kier alpha value is -1.29. The van der Waals surface area contributed by atoms with E-state index in [-0.39, 0.29) is 11.5 Å². The molecule has 3 atom stereocenters. The Labute approximate surface area is 140 Å². The van der Waals surface area contributed by atoms with Gasteiger partial charge >= 0.3 is 5.69 Å². The summed E-state index contributed by atoms with van der Waals surface area (Å²) in [5.74, 6) is -1.10. The van der Waals surface area contributed by atoms with Gasteiger partial charge in [-0.3, -0.25) is 14.3 Å². The fourth-order valence-electron chi connectivity index (χ4n) is 3.11. The normalized spacial score (nSPS) is 28.3. The number of aromatic nitrogens is 2. The number of nitrogens with one attached hydrogen (secondary N) is 1. The van der Waals surface area contributed by atoms with Crippen LogP contribution >= 0.6 is 0 Å². The number of rotatable bonds is 3. The molecule has 3 N–H and O–H groups in total. The highest BCUT2D eigenvalue weighted by Crippen LogP contribution is 2.51. The Bertz CT molecular complexity index is 739. The lowest BCUT2D eigenvalue weighted by atomic mass is 10.2. The van der Waals surface area contributed by atoms with Gasteiger partial charge in [0.05, 0.1) is 18.9 Å². The molecule has 0 saturated carbocycles. The van der Waals surface area contributed by atoms with Gasteiger partial charge in [0.2, 0.25) is 5.82 Å². The van der Waals surface area contributed by atoms with Crippen molar-refractivity contribution in [1.82, 2.24) is 9.55 Å². The van der Waals surface area contributed by atoms with Crippen molar-refractivity contribution in [3.8, 4) is 0 Å². The number of hydrogen-bond acceptors (Lipinski definition) is 5. The minimum absolute atomic E-state index is 0.0418. The highest BCUT2D eigenvalue weighted by Gasteiger charge is 2.61. The molecule has 0 unspecified atom stereocenters. The van der Waals surface area contributed by atoms with Crippen LogP contribution < -0.4 is 11.2 Å². The van der Waals surface area contributed by atoms with Crippen molar-refractivity contribution < 1.29 is 19.3 Å². The second-order valence-electron chi connectivity index (χ2n) is 7.88. The number of halogens is 1. The second kappa shape index (κ2) is 5.90. The van der Waals surface area contributed by atoms with Crippen LogP contribution in [0.4, 0.5) is 4.39 Å². The predicted octanol–water partition coefficient (Wildman–Crippen LogP) is 0.518. The van der Waals surface area contributed by atoms with E-state index < -0.39 is 49.3 Å². The summed E-state index contributed by atoms with van der Waals surface area (Å²) in [4.78, 5) is 25.7. The Morgan fingerprint density at radius 3 is 2.50 bits per heavy atom. The summed E-state index contributed by atoms with van der Waals surface area (Å²) in [6.07, 6.45) is -0.985. The van der Waals surface area contributed by atoms with Crippen LogP contribution in [0.1, 0.15) is 27.2 Å². The third-order valence-corrected chi connectivity index (χ3v) is 11.8. The standard InChI is InChI=1S/C15H25FN2O5Si/c1-14(2,3)24(4,5)15(6-10(20)11(8-19)23-15)18-7-9(16)12(21)17-13(18)22/h7,10-11,19-20H,6,8H2,1-5H3,(H,17,21,22)/t10-,11+,15-/m0/s1. The number of hydrogen-bond donors (Lipinski definition) is 3. The van der Waals surface area contributed by atoms with Crippen molar-refractivity contribution in [3.63, 3.8) is 0 Å². The quantitative estimate of drug-likeness (QED) is 0.682. The summed E-state index contributed by atoms with van der Waals surface area (Å²) in [5, 5.41) is 18.2. The minimum atomic E-state index is -2.55. The van der Waals surface area contributed by atoms with Crippen molar-refractivity contribution in [2.75, 3.05) is 6.61 Å². The first-order valence-electron chi connectivity index (χ1n) is 7.86. The number of aliphatic hydroxyl groups excluding tert-OH is 2. The molecule has 0 aliphatic carbocycles. The van der Waals surface area contributed by atoms with E-state index in [1.54, 1.807) is 0 Å². The number of nitrogens with zero attached hydrogens (tertiary/aromatic N) is 1. The Morgan fingerprint density at radius 2 is 2.04 bits per heavy atom. The van der Waals surface area contributed by atoms with E-state index >= 15 is 0 Å². The van der Waals surface area contributed by atoms with Gasteiger partial charge in [-0.1, -0.05) is 33.9 Å². The molecule has 0 aromatic carbocycles. The first-order valence-corrected chi connectivity index (χ1v) is 10.9. The van der Waals surface area contributed by atoms with Gasteiger partial charge < -0.3 is 14.9 Å². The average molecular weight is 360 g/mol. The van der Waals surface area contributed by atoms with Crippen LogP contribution in [0.5, 0.6) is 0 Å². The zero-order valence-electron chi connectivity index (χ0n) is 14.6. The molecule has 9 heteroatoms. The van der Waals surface area contributed by atoms with Crippen LogP contribution in [0, 0.1) is 5.82 Å². The topological polar surface area (TPSA) is 105 Å². The molecule has 2 heterocycles. The lowest BCUT2D eigenvalue weighted by Crippen LogP contribution is -2.64. The third-order valence-electron chi connectivity index (χ3n) is 5.58. The summed E-state index contributed by atoms with van der Waals surface area (Å²) >= 11 is 0. The van der Waals surface area contributed by atoms with Crippen LogP contribution in [0.3, 0.4) is 0 Å². The first kappa shape index (κ1) is 19.0. The van der Waals surface area contributed by atoms with Crippen LogP contribution in [-0.2, 0) is 10.1 Å². The maximum Gasteiger partial charge on any atom is 0.330 e. The molecule has 136 valence electrons. The van der Waals surface area contributed by atoms with Crippen molar-refractivity contribution in [1.29, 1.82) is 0 Å². The van der Waals surface area contributed by atoms with E-state index in [1.165, 1.54) is 0 Å². The molecule has 0 spiro atoms. The van der Waals surface area contributed by atoms with Crippen molar-refractivity contribution in [2.24, 2.45) is 0 Å². The monoisotopic (exact) mass is 360 g/mol. The summed E-state index contributed by atoms with van der Waals surface area (Å²) in [6.45, 7) is 9.53. The van der Waals surface area contributed by atoms with Gasteiger partial charge in [0.1, 0.15) is 19.5 Å². The summed E-state index contributed by atoms with van der Waals surface area (Å²) < 4.78 is 20.9. The Morgan fingerprint density at radius 1 is 1.46 bits per heavy atom. The fraction of sp³-hybridized carbons (Fsp3) is 0.733. The number of ether oxygens (including phenoxy) is 1. The fourth-order valence-corrected chi connectivity index (χ4v) is 6.22. The molecule has 0 bridgehead atoms. The highest BCUT2D eigenvalue weighted by molar-refractivity contribution is 6.81. The zero-order valence-corrected chi connectivity index (χ0v) is 15.6. The highest BCUT2D eigenvalue weighted by atomic mass is 28.3. The van der Waals surface area contributed by atoms with Crippen LogP contribution in [0.2, 0.25) is 18.1 Å². The molecule has 24 heavy (non-hydrogen) atoms. The van der Waals surface area contributed by atoms with Gasteiger partial charge in [-0.15, -0.1) is 0 Å². The van der Waals surface area contributed by atoms with E-state index in [2.05, 4.69) is 0 Å². The molecule has 7 nitrogen and oxygen atoms in total. The largest absolute Gasteiger partial charge is 0.394 e. The lowest BCUT2D eigenvalue weighted by molar-refractivity contribution is -0.0781. The van der Waals surface area contributed by atoms with Gasteiger partial charge in [0.25, 0.3) is 5.56 Å². The van der Waals surface area contributed by atoms with Crippen molar-refractivity contribution in [2.45, 2.75) is 62.9 Å². The summed E-state index contributed by atoms with van der Waals surface area (Å²) in [5.41, 5.74) is -1.89. The first-order chi connectivity index (χ1) is 10.9. The van der Waals surface area contributed by atoms with E-state index in [1.807, 2.05) is 38.8 Å². The summed E-state index contributed by atoms with van der Waals surface area (Å²) in [6, 6.07) is 0. The lowest BCUT2D eigenvalue weighted by Gasteiger charge is -2.50. The molecule has 1 aliphatic heterocycles. The van der Waals surface area contributed by atoms with E-state index in [9.17, 15) is 24.2 Å². The number of aromatic amines is 1. The summed E-state index contributed by atoms with van der Waals surface area (Å²) in [7, 11) is -2.55. The third kappa shape index (κ3) is 2.69. The van der Waals surface area contributed by atoms with Gasteiger partial charge in [-0.05, 0) is 5.04 Å². The second-order valence-corrected chi connectivity index (χ2v) is 13.4. The predicted molar refractivity (Wildman–Crippen MR) is 89.0 cm³/mol. The number of aliphatic hydroxyl groups is 2. The average Bonchev–Trinajstić information content (AvgIpc) is 2.80. The molecule has 0 radical (unpaired) electrons. The maximum atomic E-state index is 13.9. The van der Waals surface area contributed by atoms with Crippen LogP contribution in [0.25, 0.3) is 0 Å². The zero-order chi connectivity index (χ0) is 18.5. The van der Waals surface area contributed by atoms with E-state index in [4.69, 9.17) is 4.74 Å². The molecule has 0 amide bonds. The number of H-pyrrole nitrogens is 1. The molecule has 2 rings (SSSR count). The molecular formula is C15H25FN2O5Si. The smallest absolute Gasteiger partial charge is 0.330 e. The van der Waals surface area contributed by atoms with Crippen LogP contribution in [-0.4, -0.2) is 46.7 Å². The van der Waals surface area contributed by atoms with Crippen LogP contribution in [0.15, 0.2) is 15.8 Å². The Balaban J connectivity index is 2.78. The van der Waals surface area contributed by atoms with Gasteiger partial charge in [-0.2, -0.15) is 4.39 Å². The van der Waals surface area contributed by atoms with Gasteiger partial charge in [0, 0.05) is 6.42 Å². The molecule has 1 saturated heterocycles. The molecule has 1 aromatic rings. The van der Waals surface area contributed by atoms with Crippen molar-refractivity contribution in [3.05, 3.63) is 32.9 Å². The molecular weight excluding hydrogens is 335 g/mol.